The highest BCUT2D eigenvalue weighted by molar-refractivity contribution is 7.92. The first-order valence-corrected chi connectivity index (χ1v) is 11.5. The molecule has 3 aromatic rings. The number of aliphatic hydroxyl groups excluding tert-OH is 1. The molecule has 12 heteroatoms. The average molecular weight is 515 g/mol. The van der Waals surface area contributed by atoms with Gasteiger partial charge in [-0.2, -0.15) is 0 Å². The molecular weight excluding hydrogens is 497 g/mol. The smallest absolute Gasteiger partial charge is 0.406 e. The Balaban J connectivity index is 1.76. The maximum absolute atomic E-state index is 12.7. The van der Waals surface area contributed by atoms with Crippen molar-refractivity contribution in [1.29, 1.82) is 0 Å². The molecular formula is C22H18ClF3N2O5S. The Labute approximate surface area is 198 Å². The standard InChI is InChI=1S/C22H18ClF3N2O5S/c23-19-12-15(27-21(30)18(13-29)14-5-2-1-3-6-14)9-10-20(19)34(31,32)28-16-7-4-8-17(11-16)33-22(24,25)26/h1-12,18,28-29H,13H2,(H,27,30)/t18-/m0/s1. The Kier molecular flexibility index (Phi) is 7.70. The number of alkyl halides is 3. The molecule has 7 nitrogen and oxygen atoms in total. The van der Waals surface area contributed by atoms with Crippen molar-refractivity contribution in [3.63, 3.8) is 0 Å². The lowest BCUT2D eigenvalue weighted by molar-refractivity contribution is -0.274. The van der Waals surface area contributed by atoms with E-state index in [0.29, 0.717) is 5.56 Å². The van der Waals surface area contributed by atoms with Crippen molar-refractivity contribution in [3.8, 4) is 5.75 Å². The number of anilines is 2. The molecule has 34 heavy (non-hydrogen) atoms. The summed E-state index contributed by atoms with van der Waals surface area (Å²) in [5.74, 6) is -1.98. The monoisotopic (exact) mass is 514 g/mol. The molecule has 0 aliphatic carbocycles. The van der Waals surface area contributed by atoms with Gasteiger partial charge in [0.05, 0.1) is 23.2 Å². The van der Waals surface area contributed by atoms with Crippen LogP contribution in [0.25, 0.3) is 0 Å². The van der Waals surface area contributed by atoms with Crippen LogP contribution in [-0.4, -0.2) is 32.4 Å². The van der Waals surface area contributed by atoms with Crippen molar-refractivity contribution in [2.24, 2.45) is 0 Å². The van der Waals surface area contributed by atoms with E-state index in [1.165, 1.54) is 24.3 Å². The van der Waals surface area contributed by atoms with Crippen LogP contribution in [0.3, 0.4) is 0 Å². The fourth-order valence-corrected chi connectivity index (χ4v) is 4.61. The second-order valence-corrected chi connectivity index (χ2v) is 9.02. The predicted octanol–water partition coefficient (Wildman–Crippen LogP) is 4.75. The number of rotatable bonds is 8. The lowest BCUT2D eigenvalue weighted by Gasteiger charge is -2.16. The molecule has 3 N–H and O–H groups in total. The Morgan fingerprint density at radius 3 is 2.32 bits per heavy atom. The molecule has 1 amide bonds. The van der Waals surface area contributed by atoms with Gasteiger partial charge >= 0.3 is 6.36 Å². The second kappa shape index (κ2) is 10.3. The zero-order valence-electron chi connectivity index (χ0n) is 17.2. The van der Waals surface area contributed by atoms with Gasteiger partial charge in [0.1, 0.15) is 10.6 Å². The van der Waals surface area contributed by atoms with Crippen LogP contribution < -0.4 is 14.8 Å². The number of carbonyl (C=O) groups excluding carboxylic acids is 1. The van der Waals surface area contributed by atoms with Crippen molar-refractivity contribution in [2.45, 2.75) is 17.2 Å². The Hall–Kier alpha value is -3.28. The minimum atomic E-state index is -4.93. The number of hydrogen-bond donors (Lipinski definition) is 3. The van der Waals surface area contributed by atoms with Crippen molar-refractivity contribution < 1.29 is 36.2 Å². The van der Waals surface area contributed by atoms with Gasteiger partial charge in [-0.25, -0.2) is 8.42 Å². The normalized spacial score (nSPS) is 12.6. The third-order valence-electron chi connectivity index (χ3n) is 4.51. The molecule has 1 atom stereocenters. The van der Waals surface area contributed by atoms with Crippen molar-refractivity contribution in [3.05, 3.63) is 83.4 Å². The van der Waals surface area contributed by atoms with Crippen LogP contribution in [0.15, 0.2) is 77.7 Å². The number of halogens is 4. The fourth-order valence-electron chi connectivity index (χ4n) is 3.02. The summed E-state index contributed by atoms with van der Waals surface area (Å²) in [7, 11) is -4.29. The van der Waals surface area contributed by atoms with Gasteiger partial charge in [0.25, 0.3) is 10.0 Å². The molecule has 0 unspecified atom stereocenters. The summed E-state index contributed by atoms with van der Waals surface area (Å²) < 4.78 is 68.5. The first kappa shape index (κ1) is 25.3. The molecule has 0 aliphatic rings. The zero-order valence-corrected chi connectivity index (χ0v) is 18.8. The topological polar surface area (TPSA) is 105 Å². The van der Waals surface area contributed by atoms with E-state index in [1.807, 2.05) is 0 Å². The number of sulfonamides is 1. The van der Waals surface area contributed by atoms with E-state index in [9.17, 15) is 31.5 Å². The van der Waals surface area contributed by atoms with Crippen LogP contribution >= 0.6 is 11.6 Å². The molecule has 0 saturated carbocycles. The van der Waals surface area contributed by atoms with Crippen LogP contribution in [0.4, 0.5) is 24.5 Å². The highest BCUT2D eigenvalue weighted by Gasteiger charge is 2.31. The van der Waals surface area contributed by atoms with Crippen LogP contribution in [0.1, 0.15) is 11.5 Å². The number of carbonyl (C=O) groups is 1. The number of aliphatic hydroxyl groups is 1. The molecule has 0 bridgehead atoms. The van der Waals surface area contributed by atoms with Gasteiger partial charge in [0.2, 0.25) is 5.91 Å². The lowest BCUT2D eigenvalue weighted by Crippen LogP contribution is -2.24. The summed E-state index contributed by atoms with van der Waals surface area (Å²) in [6.45, 7) is -0.447. The van der Waals surface area contributed by atoms with Crippen molar-refractivity contribution in [1.82, 2.24) is 0 Å². The average Bonchev–Trinajstić information content (AvgIpc) is 2.73. The third kappa shape index (κ3) is 6.62. The van der Waals surface area contributed by atoms with E-state index in [-0.39, 0.29) is 21.3 Å². The van der Waals surface area contributed by atoms with Crippen molar-refractivity contribution in [2.75, 3.05) is 16.6 Å². The summed E-state index contributed by atoms with van der Waals surface area (Å²) in [6, 6.07) is 16.5. The molecule has 0 heterocycles. The Morgan fingerprint density at radius 2 is 1.71 bits per heavy atom. The Bertz CT molecular complexity index is 1270. The SMILES string of the molecule is O=C(Nc1ccc(S(=O)(=O)Nc2cccc(OC(F)(F)F)c2)c(Cl)c1)[C@@H](CO)c1ccccc1. The van der Waals surface area contributed by atoms with Gasteiger partial charge < -0.3 is 15.2 Å². The maximum Gasteiger partial charge on any atom is 0.573 e. The van der Waals surface area contributed by atoms with Gasteiger partial charge in [-0.05, 0) is 35.9 Å². The summed E-state index contributed by atoms with van der Waals surface area (Å²) in [5.41, 5.74) is 0.599. The van der Waals surface area contributed by atoms with Crippen LogP contribution in [0, 0.1) is 0 Å². The van der Waals surface area contributed by atoms with E-state index in [0.717, 1.165) is 18.2 Å². The summed E-state index contributed by atoms with van der Waals surface area (Å²) in [4.78, 5) is 12.2. The minimum Gasteiger partial charge on any atom is -0.406 e. The first-order chi connectivity index (χ1) is 16.0. The summed E-state index contributed by atoms with van der Waals surface area (Å²) in [5, 5.41) is 11.9. The molecule has 0 radical (unpaired) electrons. The van der Waals surface area contributed by atoms with E-state index >= 15 is 0 Å². The summed E-state index contributed by atoms with van der Waals surface area (Å²) >= 11 is 6.12. The predicted molar refractivity (Wildman–Crippen MR) is 120 cm³/mol. The van der Waals surface area contributed by atoms with Gasteiger partial charge in [-0.15, -0.1) is 13.2 Å². The Morgan fingerprint density at radius 1 is 1.00 bits per heavy atom. The van der Waals surface area contributed by atoms with Crippen LogP contribution in [0.2, 0.25) is 5.02 Å². The molecule has 0 fully saturated rings. The van der Waals surface area contributed by atoms with E-state index in [1.54, 1.807) is 30.3 Å². The molecule has 180 valence electrons. The third-order valence-corrected chi connectivity index (χ3v) is 6.37. The number of hydrogen-bond acceptors (Lipinski definition) is 5. The van der Waals surface area contributed by atoms with E-state index < -0.39 is 40.6 Å². The highest BCUT2D eigenvalue weighted by Crippen LogP contribution is 2.30. The van der Waals surface area contributed by atoms with Gasteiger partial charge in [-0.3, -0.25) is 9.52 Å². The van der Waals surface area contributed by atoms with Gasteiger partial charge in [-0.1, -0.05) is 48.0 Å². The number of ether oxygens (including phenoxy) is 1. The molecule has 0 aromatic heterocycles. The summed E-state index contributed by atoms with van der Waals surface area (Å²) in [6.07, 6.45) is -4.93. The molecule has 0 aliphatic heterocycles. The van der Waals surface area contributed by atoms with Crippen LogP contribution in [-0.2, 0) is 14.8 Å². The highest BCUT2D eigenvalue weighted by atomic mass is 35.5. The number of amides is 1. The largest absolute Gasteiger partial charge is 0.573 e. The number of nitrogens with one attached hydrogen (secondary N) is 2. The van der Waals surface area contributed by atoms with E-state index in [2.05, 4.69) is 14.8 Å². The zero-order chi connectivity index (χ0) is 24.9. The lowest BCUT2D eigenvalue weighted by atomic mass is 9.99. The molecule has 0 spiro atoms. The number of benzene rings is 3. The molecule has 3 aromatic carbocycles. The van der Waals surface area contributed by atoms with Crippen molar-refractivity contribution >= 4 is 38.9 Å². The van der Waals surface area contributed by atoms with Gasteiger partial charge in [0, 0.05) is 11.8 Å². The quantitative estimate of drug-likeness (QED) is 0.402. The molecule has 3 rings (SSSR count). The van der Waals surface area contributed by atoms with E-state index in [4.69, 9.17) is 11.6 Å². The molecule has 0 saturated heterocycles. The van der Waals surface area contributed by atoms with Gasteiger partial charge in [0.15, 0.2) is 0 Å². The second-order valence-electron chi connectivity index (χ2n) is 6.96. The maximum atomic E-state index is 12.7. The van der Waals surface area contributed by atoms with Crippen LogP contribution in [0.5, 0.6) is 5.75 Å². The first-order valence-electron chi connectivity index (χ1n) is 9.63. The fraction of sp³-hybridized carbons (Fsp3) is 0.136. The minimum absolute atomic E-state index is 0.177.